The monoisotopic (exact) mass is 223 g/mol. The Balaban J connectivity index is 0.000000509. The van der Waals surface area contributed by atoms with Gasteiger partial charge in [0.25, 0.3) is 0 Å². The smallest absolute Gasteiger partial charge is 0.314 e. The molecule has 1 aromatic heterocycles. The van der Waals surface area contributed by atoms with Gasteiger partial charge in [-0.05, 0) is 19.2 Å². The molecule has 0 unspecified atom stereocenters. The zero-order valence-electron chi connectivity index (χ0n) is 9.70. The lowest BCUT2D eigenvalue weighted by Gasteiger charge is -1.93. The maximum absolute atomic E-state index is 10.8. The molecule has 1 heterocycles. The number of H-pyrrole nitrogens is 2. The van der Waals surface area contributed by atoms with E-state index in [1.165, 1.54) is 7.05 Å². The minimum absolute atomic E-state index is 0.617. The zero-order chi connectivity index (χ0) is 12.6. The molecule has 0 saturated carbocycles. The van der Waals surface area contributed by atoms with Crippen LogP contribution in [0.1, 0.15) is 13.8 Å². The number of para-hydroxylation sites is 2. The third kappa shape index (κ3) is 3.36. The second kappa shape index (κ2) is 7.42. The summed E-state index contributed by atoms with van der Waals surface area (Å²) in [5.74, 6) is 0. The molecular weight excluding hydrogens is 206 g/mol. The van der Waals surface area contributed by atoms with Crippen molar-refractivity contribution in [3.05, 3.63) is 45.0 Å². The van der Waals surface area contributed by atoms with E-state index in [9.17, 15) is 9.59 Å². The van der Waals surface area contributed by atoms with E-state index in [1.807, 2.05) is 13.8 Å². The van der Waals surface area contributed by atoms with Gasteiger partial charge in [0.05, 0.1) is 11.0 Å². The van der Waals surface area contributed by atoms with Crippen molar-refractivity contribution in [3.63, 3.8) is 0 Å². The average molecular weight is 223 g/mol. The highest BCUT2D eigenvalue weighted by Gasteiger charge is 1.95. The van der Waals surface area contributed by atoms with Crippen LogP contribution in [-0.2, 0) is 0 Å². The largest absolute Gasteiger partial charge is 0.333 e. The predicted molar refractivity (Wildman–Crippen MR) is 66.6 cm³/mol. The van der Waals surface area contributed by atoms with E-state index in [4.69, 9.17) is 0 Å². The molecule has 1 aromatic carbocycles. The first-order valence-electron chi connectivity index (χ1n) is 5.06. The highest BCUT2D eigenvalue weighted by atomic mass is 16.2. The first-order valence-corrected chi connectivity index (χ1v) is 5.06. The molecule has 88 valence electrons. The molecule has 5 heteroatoms. The van der Waals surface area contributed by atoms with Crippen molar-refractivity contribution in [2.75, 3.05) is 7.05 Å². The highest BCUT2D eigenvalue weighted by Crippen LogP contribution is 2.01. The topological polar surface area (TPSA) is 91.7 Å². The molecule has 16 heavy (non-hydrogen) atoms. The first-order chi connectivity index (χ1) is 7.77. The van der Waals surface area contributed by atoms with Crippen LogP contribution in [0.5, 0.6) is 0 Å². The quantitative estimate of drug-likeness (QED) is 0.577. The molecule has 0 fully saturated rings. The van der Waals surface area contributed by atoms with E-state index in [2.05, 4.69) is 15.7 Å². The summed E-state index contributed by atoms with van der Waals surface area (Å²) in [4.78, 5) is 26.6. The van der Waals surface area contributed by atoms with Crippen molar-refractivity contribution in [1.82, 2.24) is 9.97 Å². The van der Waals surface area contributed by atoms with Gasteiger partial charge in [-0.3, -0.25) is 9.59 Å². The van der Waals surface area contributed by atoms with Crippen molar-refractivity contribution < 1.29 is 0 Å². The molecule has 0 saturated heterocycles. The maximum Gasteiger partial charge on any atom is 0.314 e. The summed E-state index contributed by atoms with van der Waals surface area (Å²) in [7, 11) is 1.50. The highest BCUT2D eigenvalue weighted by molar-refractivity contribution is 5.72. The van der Waals surface area contributed by atoms with Gasteiger partial charge >= 0.3 is 11.1 Å². The average Bonchev–Trinajstić information content (AvgIpc) is 2.36. The van der Waals surface area contributed by atoms with E-state index < -0.39 is 11.1 Å². The summed E-state index contributed by atoms with van der Waals surface area (Å²) < 4.78 is 0. The molecule has 0 aliphatic carbocycles. The number of hydrogen-bond donors (Lipinski definition) is 3. The Kier molecular flexibility index (Phi) is 6.55. The molecule has 0 amide bonds. The van der Waals surface area contributed by atoms with Gasteiger partial charge in [0.2, 0.25) is 0 Å². The number of nitrogens with two attached hydrogens (primary N) is 1. The normalized spacial score (nSPS) is 8.50. The molecule has 0 radical (unpaired) electrons. The number of fused-ring (bicyclic) bond motifs is 1. The van der Waals surface area contributed by atoms with Gasteiger partial charge in [0.1, 0.15) is 0 Å². The van der Waals surface area contributed by atoms with Crippen LogP contribution in [0, 0.1) is 0 Å². The Hall–Kier alpha value is -1.88. The van der Waals surface area contributed by atoms with Crippen LogP contribution in [0.4, 0.5) is 0 Å². The molecule has 0 spiro atoms. The van der Waals surface area contributed by atoms with Crippen molar-refractivity contribution in [2.24, 2.45) is 5.73 Å². The van der Waals surface area contributed by atoms with Gasteiger partial charge in [0, 0.05) is 0 Å². The van der Waals surface area contributed by atoms with Crippen LogP contribution < -0.4 is 16.9 Å². The van der Waals surface area contributed by atoms with Crippen LogP contribution >= 0.6 is 0 Å². The molecule has 2 aromatic rings. The summed E-state index contributed by atoms with van der Waals surface area (Å²) in [6.45, 7) is 4.00. The molecule has 4 N–H and O–H groups in total. The van der Waals surface area contributed by atoms with E-state index in [1.54, 1.807) is 24.3 Å². The number of aromatic nitrogens is 2. The van der Waals surface area contributed by atoms with Crippen molar-refractivity contribution in [1.29, 1.82) is 0 Å². The van der Waals surface area contributed by atoms with E-state index in [0.717, 1.165) is 0 Å². The van der Waals surface area contributed by atoms with E-state index in [-0.39, 0.29) is 0 Å². The second-order valence-electron chi connectivity index (χ2n) is 2.45. The molecule has 5 nitrogen and oxygen atoms in total. The Morgan fingerprint density at radius 1 is 0.875 bits per heavy atom. The Morgan fingerprint density at radius 3 is 1.50 bits per heavy atom. The third-order valence-corrected chi connectivity index (χ3v) is 1.63. The number of benzene rings is 1. The second-order valence-corrected chi connectivity index (χ2v) is 2.45. The molecule has 0 aliphatic rings. The molecule has 2 rings (SSSR count). The summed E-state index contributed by atoms with van der Waals surface area (Å²) in [6.07, 6.45) is 0. The fraction of sp³-hybridized carbons (Fsp3) is 0.273. The van der Waals surface area contributed by atoms with Crippen LogP contribution in [0.3, 0.4) is 0 Å². The Morgan fingerprint density at radius 2 is 1.19 bits per heavy atom. The van der Waals surface area contributed by atoms with Gasteiger partial charge < -0.3 is 15.7 Å². The summed E-state index contributed by atoms with van der Waals surface area (Å²) in [5, 5.41) is 0. The summed E-state index contributed by atoms with van der Waals surface area (Å²) in [6, 6.07) is 7.03. The van der Waals surface area contributed by atoms with Crippen molar-refractivity contribution in [3.8, 4) is 0 Å². The van der Waals surface area contributed by atoms with Crippen LogP contribution in [0.15, 0.2) is 33.9 Å². The molecule has 0 aliphatic heterocycles. The van der Waals surface area contributed by atoms with Gasteiger partial charge in [-0.25, -0.2) is 0 Å². The number of nitrogens with one attached hydrogen (secondary N) is 2. The summed E-state index contributed by atoms with van der Waals surface area (Å²) >= 11 is 0. The number of aromatic amines is 2. The number of rotatable bonds is 0. The van der Waals surface area contributed by atoms with E-state index in [0.29, 0.717) is 11.0 Å². The maximum atomic E-state index is 10.8. The van der Waals surface area contributed by atoms with E-state index >= 15 is 0 Å². The number of hydrogen-bond acceptors (Lipinski definition) is 3. The van der Waals surface area contributed by atoms with Crippen molar-refractivity contribution >= 4 is 11.0 Å². The summed E-state index contributed by atoms with van der Waals surface area (Å²) in [5.41, 5.74) is 4.55. The molecule has 0 atom stereocenters. The van der Waals surface area contributed by atoms with Gasteiger partial charge in [-0.2, -0.15) is 0 Å². The third-order valence-electron chi connectivity index (χ3n) is 1.63. The lowest BCUT2D eigenvalue weighted by Crippen LogP contribution is -2.28. The SMILES string of the molecule is CC.CN.O=c1[nH]c2ccccc2[nH]c1=O. The Labute approximate surface area is 93.3 Å². The predicted octanol–water partition coefficient (Wildman–Crippen LogP) is 0.817. The zero-order valence-corrected chi connectivity index (χ0v) is 9.70. The van der Waals surface area contributed by atoms with Crippen LogP contribution in [0.25, 0.3) is 11.0 Å². The minimum Gasteiger partial charge on any atom is -0.333 e. The first kappa shape index (κ1) is 14.1. The molecule has 0 bridgehead atoms. The minimum atomic E-state index is -0.617. The van der Waals surface area contributed by atoms with Crippen molar-refractivity contribution in [2.45, 2.75) is 13.8 Å². The molecular formula is C11H17N3O2. The van der Waals surface area contributed by atoms with Gasteiger partial charge in [-0.15, -0.1) is 0 Å². The van der Waals surface area contributed by atoms with Crippen LogP contribution in [0.2, 0.25) is 0 Å². The van der Waals surface area contributed by atoms with Crippen LogP contribution in [-0.4, -0.2) is 17.0 Å². The van der Waals surface area contributed by atoms with Gasteiger partial charge in [-0.1, -0.05) is 26.0 Å². The van der Waals surface area contributed by atoms with Gasteiger partial charge in [0.15, 0.2) is 0 Å². The lowest BCUT2D eigenvalue weighted by molar-refractivity contribution is 1.15. The Bertz CT molecular complexity index is 480. The standard InChI is InChI=1S/C8H6N2O2.C2H6.CH5N/c11-7-8(12)10-6-4-2-1-3-5(6)9-7;2*1-2/h1-4H,(H,9,11)(H,10,12);1-2H3;2H2,1H3. The lowest BCUT2D eigenvalue weighted by atomic mass is 10.3. The fourth-order valence-corrected chi connectivity index (χ4v) is 1.06. The fourth-order valence-electron chi connectivity index (χ4n) is 1.06.